The molecule has 1 saturated heterocycles. The van der Waals surface area contributed by atoms with E-state index in [1.165, 1.54) is 38.8 Å². The molecule has 23 heavy (non-hydrogen) atoms. The number of hydrogen-bond donors (Lipinski definition) is 1. The van der Waals surface area contributed by atoms with Gasteiger partial charge in [0.25, 0.3) is 0 Å². The van der Waals surface area contributed by atoms with Crippen LogP contribution in [-0.2, 0) is 9.47 Å². The average molecular weight is 325 g/mol. The van der Waals surface area contributed by atoms with Crippen LogP contribution in [0.5, 0.6) is 0 Å². The number of piperidine rings is 1. The third-order valence-corrected chi connectivity index (χ3v) is 6.43. The van der Waals surface area contributed by atoms with Gasteiger partial charge in [-0.05, 0) is 72.3 Å². The summed E-state index contributed by atoms with van der Waals surface area (Å²) in [7, 11) is 0. The minimum atomic E-state index is -0.0185. The molecule has 1 spiro atoms. The lowest BCUT2D eigenvalue weighted by molar-refractivity contribution is -0.0441. The van der Waals surface area contributed by atoms with Gasteiger partial charge in [0.05, 0.1) is 18.3 Å². The molecule has 2 saturated carbocycles. The van der Waals surface area contributed by atoms with E-state index >= 15 is 0 Å². The quantitative estimate of drug-likeness (QED) is 0.697. The van der Waals surface area contributed by atoms with Gasteiger partial charge in [-0.1, -0.05) is 0 Å². The van der Waals surface area contributed by atoms with E-state index < -0.39 is 0 Å². The maximum Gasteiger partial charge on any atom is 0.0731 e. The second-order valence-corrected chi connectivity index (χ2v) is 8.85. The van der Waals surface area contributed by atoms with E-state index in [1.54, 1.807) is 0 Å². The van der Waals surface area contributed by atoms with Crippen LogP contribution >= 0.6 is 0 Å². The van der Waals surface area contributed by atoms with Crippen molar-refractivity contribution < 1.29 is 9.47 Å². The second kappa shape index (κ2) is 6.62. The van der Waals surface area contributed by atoms with Crippen LogP contribution in [0.3, 0.4) is 0 Å². The first kappa shape index (κ1) is 17.7. The Hall–Kier alpha value is -0.160. The van der Waals surface area contributed by atoms with Gasteiger partial charge in [-0.2, -0.15) is 0 Å². The van der Waals surface area contributed by atoms with Crippen LogP contribution in [0.25, 0.3) is 0 Å². The number of nitrogens with two attached hydrogens (primary N) is 1. The van der Waals surface area contributed by atoms with Gasteiger partial charge in [0.1, 0.15) is 0 Å². The molecular weight excluding hydrogens is 288 g/mol. The Morgan fingerprint density at radius 1 is 1.17 bits per heavy atom. The van der Waals surface area contributed by atoms with Gasteiger partial charge in [-0.15, -0.1) is 0 Å². The summed E-state index contributed by atoms with van der Waals surface area (Å²) in [5, 5.41) is 0. The van der Waals surface area contributed by atoms with Crippen LogP contribution in [0.4, 0.5) is 0 Å². The molecule has 2 unspecified atom stereocenters. The summed E-state index contributed by atoms with van der Waals surface area (Å²) in [5.41, 5.74) is 6.79. The molecule has 2 aliphatic carbocycles. The molecule has 2 atom stereocenters. The maximum atomic E-state index is 6.37. The second-order valence-electron chi connectivity index (χ2n) is 8.85. The first-order chi connectivity index (χ1) is 10.9. The van der Waals surface area contributed by atoms with Crippen molar-refractivity contribution in [3.63, 3.8) is 0 Å². The minimum absolute atomic E-state index is 0.0185. The highest BCUT2D eigenvalue weighted by Crippen LogP contribution is 2.63. The molecule has 0 aromatic rings. The molecule has 4 nitrogen and oxygen atoms in total. The summed E-state index contributed by atoms with van der Waals surface area (Å²) in [6.45, 7) is 11.8. The van der Waals surface area contributed by atoms with Crippen LogP contribution in [0.15, 0.2) is 0 Å². The lowest BCUT2D eigenvalue weighted by Crippen LogP contribution is -2.52. The molecule has 0 aromatic heterocycles. The van der Waals surface area contributed by atoms with Crippen molar-refractivity contribution in [3.8, 4) is 0 Å². The number of hydrogen-bond acceptors (Lipinski definition) is 4. The number of rotatable bonds is 8. The van der Waals surface area contributed by atoms with E-state index in [0.717, 1.165) is 39.0 Å². The molecule has 0 amide bonds. The highest BCUT2D eigenvalue weighted by atomic mass is 16.5. The van der Waals surface area contributed by atoms with Gasteiger partial charge in [0.2, 0.25) is 0 Å². The molecular formula is C19H36N2O2. The maximum absolute atomic E-state index is 6.37. The van der Waals surface area contributed by atoms with Crippen molar-refractivity contribution in [2.75, 3.05) is 32.8 Å². The minimum Gasteiger partial charge on any atom is -0.379 e. The third-order valence-electron chi connectivity index (χ3n) is 6.43. The zero-order chi connectivity index (χ0) is 16.6. The molecule has 3 fully saturated rings. The summed E-state index contributed by atoms with van der Waals surface area (Å²) in [4.78, 5) is 2.63. The molecule has 1 aliphatic heterocycles. The highest BCUT2D eigenvalue weighted by Gasteiger charge is 2.66. The molecule has 1 heterocycles. The summed E-state index contributed by atoms with van der Waals surface area (Å²) in [6.07, 6.45) is 8.87. The van der Waals surface area contributed by atoms with E-state index in [4.69, 9.17) is 15.2 Å². The molecule has 4 heteroatoms. The van der Waals surface area contributed by atoms with Crippen molar-refractivity contribution >= 4 is 0 Å². The third kappa shape index (κ3) is 3.92. The Labute approximate surface area is 142 Å². The normalized spacial score (nSPS) is 36.4. The average Bonchev–Trinajstić information content (AvgIpc) is 3.03. The summed E-state index contributed by atoms with van der Waals surface area (Å²) >= 11 is 0. The van der Waals surface area contributed by atoms with Crippen molar-refractivity contribution in [1.82, 2.24) is 4.90 Å². The van der Waals surface area contributed by atoms with Gasteiger partial charge in [0.15, 0.2) is 0 Å². The zero-order valence-electron chi connectivity index (χ0n) is 15.4. The van der Waals surface area contributed by atoms with E-state index in [0.29, 0.717) is 11.5 Å². The largest absolute Gasteiger partial charge is 0.379 e. The summed E-state index contributed by atoms with van der Waals surface area (Å²) in [5.74, 6) is 0. The van der Waals surface area contributed by atoms with E-state index in [9.17, 15) is 0 Å². The van der Waals surface area contributed by atoms with Gasteiger partial charge >= 0.3 is 0 Å². The number of ether oxygens (including phenoxy) is 2. The van der Waals surface area contributed by atoms with Crippen molar-refractivity contribution in [3.05, 3.63) is 0 Å². The summed E-state index contributed by atoms with van der Waals surface area (Å²) < 4.78 is 12.0. The Morgan fingerprint density at radius 2 is 1.96 bits per heavy atom. The highest BCUT2D eigenvalue weighted by molar-refractivity contribution is 5.17. The smallest absolute Gasteiger partial charge is 0.0731 e. The summed E-state index contributed by atoms with van der Waals surface area (Å²) in [6, 6.07) is 0. The van der Waals surface area contributed by atoms with Crippen LogP contribution < -0.4 is 5.73 Å². The fraction of sp³-hybridized carbons (Fsp3) is 1.00. The zero-order valence-corrected chi connectivity index (χ0v) is 15.4. The molecule has 2 N–H and O–H groups in total. The fourth-order valence-electron chi connectivity index (χ4n) is 4.49. The molecule has 134 valence electrons. The molecule has 0 bridgehead atoms. The Bertz CT molecular complexity index is 410. The van der Waals surface area contributed by atoms with Crippen molar-refractivity contribution in [2.24, 2.45) is 11.1 Å². The van der Waals surface area contributed by atoms with E-state index in [2.05, 4.69) is 25.7 Å². The number of nitrogens with zero attached hydrogens (tertiary/aromatic N) is 1. The number of likely N-dealkylation sites (tertiary alicyclic amines) is 1. The Balaban J connectivity index is 1.43. The van der Waals surface area contributed by atoms with Crippen LogP contribution in [0.1, 0.15) is 65.7 Å². The van der Waals surface area contributed by atoms with Crippen LogP contribution in [-0.4, -0.2) is 55.0 Å². The molecule has 3 rings (SSSR count). The van der Waals surface area contributed by atoms with E-state index in [1.807, 2.05) is 0 Å². The standard InChI is InChI=1S/C19H36N2O2/c1-16(2)22-12-6-11-21-10-5-7-18(14-21)13-17(18,3)23-15-19(20)8-4-9-19/h16H,4-15,20H2,1-3H3. The SMILES string of the molecule is CC(C)OCCCN1CCCC2(C1)CC2(C)OCC1(N)CCC1. The van der Waals surface area contributed by atoms with Crippen LogP contribution in [0, 0.1) is 5.41 Å². The van der Waals surface area contributed by atoms with Crippen molar-refractivity contribution in [1.29, 1.82) is 0 Å². The molecule has 0 aromatic carbocycles. The predicted octanol–water partition coefficient (Wildman–Crippen LogP) is 2.94. The fourth-order valence-corrected chi connectivity index (χ4v) is 4.49. The van der Waals surface area contributed by atoms with Crippen LogP contribution in [0.2, 0.25) is 0 Å². The van der Waals surface area contributed by atoms with E-state index in [-0.39, 0.29) is 11.1 Å². The van der Waals surface area contributed by atoms with Gasteiger partial charge in [-0.3, -0.25) is 0 Å². The lowest BCUT2D eigenvalue weighted by atomic mass is 9.78. The van der Waals surface area contributed by atoms with Crippen molar-refractivity contribution in [2.45, 2.75) is 83.0 Å². The monoisotopic (exact) mass is 324 g/mol. The topological polar surface area (TPSA) is 47.7 Å². The molecule has 3 aliphatic rings. The Kier molecular flexibility index (Phi) is 5.09. The first-order valence-electron chi connectivity index (χ1n) is 9.63. The molecule has 0 radical (unpaired) electrons. The predicted molar refractivity (Wildman–Crippen MR) is 93.6 cm³/mol. The van der Waals surface area contributed by atoms with Gasteiger partial charge in [0, 0.05) is 30.7 Å². The lowest BCUT2D eigenvalue weighted by Gasteiger charge is -2.40. The van der Waals surface area contributed by atoms with Gasteiger partial charge < -0.3 is 20.1 Å². The Morgan fingerprint density at radius 3 is 2.61 bits per heavy atom. The first-order valence-corrected chi connectivity index (χ1v) is 9.63. The van der Waals surface area contributed by atoms with Gasteiger partial charge in [-0.25, -0.2) is 0 Å².